The second kappa shape index (κ2) is 10.9. The first-order chi connectivity index (χ1) is 21.0. The summed E-state index contributed by atoms with van der Waals surface area (Å²) in [4.78, 5) is 17.3. The lowest BCUT2D eigenvalue weighted by Gasteiger charge is -2.45. The molecule has 246 valence electrons. The fourth-order valence-electron chi connectivity index (χ4n) is 7.50. The van der Waals surface area contributed by atoms with Crippen LogP contribution in [0, 0.1) is 11.7 Å². The van der Waals surface area contributed by atoms with Crippen LogP contribution in [-0.4, -0.2) is 81.4 Å². The molecule has 0 aromatic heterocycles. The summed E-state index contributed by atoms with van der Waals surface area (Å²) in [5.41, 5.74) is -7.67. The summed E-state index contributed by atoms with van der Waals surface area (Å²) in [6.45, 7) is 2.51. The number of hydrogen-bond acceptors (Lipinski definition) is 5. The zero-order valence-electron chi connectivity index (χ0n) is 23.8. The van der Waals surface area contributed by atoms with Crippen LogP contribution in [0.15, 0.2) is 47.4 Å². The van der Waals surface area contributed by atoms with Gasteiger partial charge in [0.15, 0.2) is 9.84 Å². The molecule has 6 nitrogen and oxygen atoms in total. The molecule has 1 aliphatic carbocycles. The zero-order chi connectivity index (χ0) is 32.6. The number of piperidine rings is 1. The highest BCUT2D eigenvalue weighted by atomic mass is 32.2. The summed E-state index contributed by atoms with van der Waals surface area (Å²) in [5.74, 6) is -1.39. The number of fused-ring (bicyclic) bond motifs is 3. The van der Waals surface area contributed by atoms with Gasteiger partial charge in [-0.15, -0.1) is 0 Å². The number of sulfone groups is 1. The van der Waals surface area contributed by atoms with Crippen LogP contribution in [0.1, 0.15) is 42.4 Å². The third-order valence-electron chi connectivity index (χ3n) is 9.97. The largest absolute Gasteiger partial charge is 0.435 e. The van der Waals surface area contributed by atoms with Crippen LogP contribution in [0.2, 0.25) is 0 Å². The van der Waals surface area contributed by atoms with Crippen molar-refractivity contribution in [1.29, 1.82) is 0 Å². The van der Waals surface area contributed by atoms with Gasteiger partial charge in [-0.1, -0.05) is 18.2 Å². The van der Waals surface area contributed by atoms with Crippen molar-refractivity contribution in [3.05, 3.63) is 65.0 Å². The standard InChI is InChI=1S/C30H30F8N2O4S/c31-21-3-5-23(6-4-21)45(42,43)27-11-14-40(26(41)18-9-12-39(13-10-18)22-16-44-17-22)25(27)8-1-19-15-20(2-7-24(19)27)28(32,29(33,34)35)30(36,37)38/h2-7,15,18,22,25H,1,8-14,16-17H2/t25-,27-/m0/s1. The van der Waals surface area contributed by atoms with Gasteiger partial charge < -0.3 is 9.64 Å². The predicted octanol–water partition coefficient (Wildman–Crippen LogP) is 5.44. The molecule has 3 aliphatic heterocycles. The third kappa shape index (κ3) is 4.86. The topological polar surface area (TPSA) is 66.9 Å². The average molecular weight is 667 g/mol. The molecule has 1 amide bonds. The molecular weight excluding hydrogens is 636 g/mol. The Balaban J connectivity index is 1.41. The highest BCUT2D eigenvalue weighted by molar-refractivity contribution is 7.92. The van der Waals surface area contributed by atoms with Crippen molar-refractivity contribution in [3.8, 4) is 0 Å². The molecule has 4 aliphatic rings. The molecule has 2 aromatic carbocycles. The number of benzene rings is 2. The zero-order valence-corrected chi connectivity index (χ0v) is 24.6. The third-order valence-corrected chi connectivity index (χ3v) is 12.5. The van der Waals surface area contributed by atoms with Crippen molar-refractivity contribution in [3.63, 3.8) is 0 Å². The Labute approximate surface area is 254 Å². The van der Waals surface area contributed by atoms with Gasteiger partial charge in [-0.3, -0.25) is 9.69 Å². The van der Waals surface area contributed by atoms with Crippen LogP contribution < -0.4 is 0 Å². The van der Waals surface area contributed by atoms with E-state index >= 15 is 4.39 Å². The Morgan fingerprint density at radius 1 is 0.867 bits per heavy atom. The minimum absolute atomic E-state index is 0.0278. The first kappa shape index (κ1) is 32.2. The van der Waals surface area contributed by atoms with Crippen LogP contribution in [0.4, 0.5) is 35.1 Å². The molecule has 0 N–H and O–H groups in total. The Morgan fingerprint density at radius 2 is 1.49 bits per heavy atom. The quantitative estimate of drug-likeness (QED) is 0.314. The molecule has 45 heavy (non-hydrogen) atoms. The van der Waals surface area contributed by atoms with E-state index in [1.807, 2.05) is 0 Å². The van der Waals surface area contributed by atoms with E-state index in [9.17, 15) is 43.9 Å². The molecule has 3 heterocycles. The minimum atomic E-state index is -6.34. The van der Waals surface area contributed by atoms with Crippen molar-refractivity contribution in [2.45, 2.75) is 71.9 Å². The SMILES string of the molecule is O=C(C1CCN(C2COC2)CC1)N1CC[C@]2(S(=O)(=O)c3ccc(F)cc3)c3ccc(C(F)(C(F)(F)F)C(F)(F)F)cc3CC[C@H]12. The summed E-state index contributed by atoms with van der Waals surface area (Å²) >= 11 is 0. The lowest BCUT2D eigenvalue weighted by atomic mass is 9.76. The van der Waals surface area contributed by atoms with Crippen molar-refractivity contribution >= 4 is 15.7 Å². The van der Waals surface area contributed by atoms with E-state index in [-0.39, 0.29) is 47.7 Å². The van der Waals surface area contributed by atoms with E-state index in [0.29, 0.717) is 57.3 Å². The number of amides is 1. The van der Waals surface area contributed by atoms with Crippen LogP contribution in [0.5, 0.6) is 0 Å². The molecule has 0 unspecified atom stereocenters. The second-order valence-electron chi connectivity index (χ2n) is 12.2. The summed E-state index contributed by atoms with van der Waals surface area (Å²) in [5, 5.41) is 0. The highest BCUT2D eigenvalue weighted by Gasteiger charge is 2.74. The van der Waals surface area contributed by atoms with E-state index in [0.717, 1.165) is 30.3 Å². The predicted molar refractivity (Wildman–Crippen MR) is 144 cm³/mol. The molecular formula is C30H30F8N2O4S. The maximum absolute atomic E-state index is 15.0. The number of carbonyl (C=O) groups is 1. The van der Waals surface area contributed by atoms with Gasteiger partial charge >= 0.3 is 18.0 Å². The Kier molecular flexibility index (Phi) is 7.79. The minimum Gasteiger partial charge on any atom is -0.378 e. The van der Waals surface area contributed by atoms with Gasteiger partial charge in [0, 0.05) is 18.0 Å². The maximum atomic E-state index is 15.0. The van der Waals surface area contributed by atoms with Crippen molar-refractivity contribution in [2.75, 3.05) is 32.8 Å². The summed E-state index contributed by atoms with van der Waals surface area (Å²) in [6, 6.07) is 4.79. The van der Waals surface area contributed by atoms with Crippen molar-refractivity contribution in [1.82, 2.24) is 9.80 Å². The van der Waals surface area contributed by atoms with Crippen LogP contribution in [-0.2, 0) is 36.2 Å². The molecule has 0 saturated carbocycles. The normalized spacial score (nSPS) is 25.5. The lowest BCUT2D eigenvalue weighted by molar-refractivity contribution is -0.348. The first-order valence-electron chi connectivity index (χ1n) is 14.6. The first-order valence-corrected chi connectivity index (χ1v) is 16.1. The van der Waals surface area contributed by atoms with Gasteiger partial charge in [-0.2, -0.15) is 26.3 Å². The second-order valence-corrected chi connectivity index (χ2v) is 14.4. The number of hydrogen-bond donors (Lipinski definition) is 0. The number of carbonyl (C=O) groups excluding carboxylic acids is 1. The number of nitrogens with zero attached hydrogens (tertiary/aromatic N) is 2. The Hall–Kier alpha value is -2.78. The molecule has 2 aromatic rings. The van der Waals surface area contributed by atoms with E-state index in [4.69, 9.17) is 4.74 Å². The molecule has 2 atom stereocenters. The van der Waals surface area contributed by atoms with Crippen LogP contribution in [0.3, 0.4) is 0 Å². The van der Waals surface area contributed by atoms with Gasteiger partial charge in [-0.25, -0.2) is 17.2 Å². The summed E-state index contributed by atoms with van der Waals surface area (Å²) in [7, 11) is -4.53. The Morgan fingerprint density at radius 3 is 2.04 bits per heavy atom. The molecule has 6 rings (SSSR count). The van der Waals surface area contributed by atoms with E-state index < -0.39 is 55.9 Å². The average Bonchev–Trinajstić information content (AvgIpc) is 3.36. The van der Waals surface area contributed by atoms with Crippen LogP contribution in [0.25, 0.3) is 0 Å². The van der Waals surface area contributed by atoms with Gasteiger partial charge in [0.25, 0.3) is 0 Å². The Bertz CT molecular complexity index is 1550. The number of ether oxygens (including phenoxy) is 1. The number of likely N-dealkylation sites (tertiary alicyclic amines) is 2. The fraction of sp³-hybridized carbons (Fsp3) is 0.567. The van der Waals surface area contributed by atoms with Gasteiger partial charge in [0.05, 0.1) is 30.2 Å². The molecule has 0 spiro atoms. The number of halogens is 8. The number of aryl methyl sites for hydroxylation is 1. The summed E-state index contributed by atoms with van der Waals surface area (Å²) < 4.78 is 142. The van der Waals surface area contributed by atoms with Crippen LogP contribution >= 0.6 is 0 Å². The lowest BCUT2D eigenvalue weighted by Crippen LogP contribution is -2.55. The summed E-state index contributed by atoms with van der Waals surface area (Å²) in [6.07, 6.45) is -12.1. The van der Waals surface area contributed by atoms with E-state index in [2.05, 4.69) is 4.90 Å². The van der Waals surface area contributed by atoms with Gasteiger partial charge in [-0.05, 0) is 80.6 Å². The molecule has 0 bridgehead atoms. The monoisotopic (exact) mass is 666 g/mol. The molecule has 0 radical (unpaired) electrons. The van der Waals surface area contributed by atoms with Crippen molar-refractivity contribution < 1.29 is 53.1 Å². The van der Waals surface area contributed by atoms with Gasteiger partial charge in [0.2, 0.25) is 5.91 Å². The van der Waals surface area contributed by atoms with E-state index in [1.165, 1.54) is 4.90 Å². The van der Waals surface area contributed by atoms with E-state index in [1.54, 1.807) is 0 Å². The number of alkyl halides is 7. The van der Waals surface area contributed by atoms with Gasteiger partial charge in [0.1, 0.15) is 10.6 Å². The van der Waals surface area contributed by atoms with Crippen molar-refractivity contribution in [2.24, 2.45) is 5.92 Å². The fourth-order valence-corrected chi connectivity index (χ4v) is 9.86. The molecule has 3 fully saturated rings. The molecule has 15 heteroatoms. The molecule has 3 saturated heterocycles. The maximum Gasteiger partial charge on any atom is 0.435 e. The smallest absolute Gasteiger partial charge is 0.378 e. The highest BCUT2D eigenvalue weighted by Crippen LogP contribution is 2.57. The number of rotatable bonds is 5.